The van der Waals surface area contributed by atoms with E-state index in [0.29, 0.717) is 17.0 Å². The van der Waals surface area contributed by atoms with Gasteiger partial charge in [-0.25, -0.2) is 0 Å². The second kappa shape index (κ2) is 7.13. The lowest BCUT2D eigenvalue weighted by molar-refractivity contribution is 0.102. The van der Waals surface area contributed by atoms with E-state index in [1.165, 1.54) is 5.56 Å². The molecular formula is C20H20N2O2. The van der Waals surface area contributed by atoms with Crippen LogP contribution in [-0.2, 0) is 6.42 Å². The quantitative estimate of drug-likeness (QED) is 0.730. The second-order valence-corrected chi connectivity index (χ2v) is 5.73. The van der Waals surface area contributed by atoms with Crippen LogP contribution in [0.3, 0.4) is 0 Å². The molecule has 0 aliphatic carbocycles. The third-order valence-electron chi connectivity index (χ3n) is 3.89. The van der Waals surface area contributed by atoms with E-state index in [4.69, 9.17) is 4.52 Å². The SMILES string of the molecule is CCCc1ccc(NC(=O)c2c(-c3ccccc3)noc2C)cc1. The van der Waals surface area contributed by atoms with Gasteiger partial charge >= 0.3 is 0 Å². The van der Waals surface area contributed by atoms with Gasteiger partial charge < -0.3 is 9.84 Å². The molecule has 122 valence electrons. The first-order chi connectivity index (χ1) is 11.7. The Kier molecular flexibility index (Phi) is 4.75. The molecule has 0 saturated carbocycles. The minimum absolute atomic E-state index is 0.212. The number of amides is 1. The van der Waals surface area contributed by atoms with Gasteiger partial charge in [0, 0.05) is 11.3 Å². The molecule has 1 amide bonds. The van der Waals surface area contributed by atoms with Crippen LogP contribution in [0.1, 0.15) is 35.0 Å². The standard InChI is InChI=1S/C20H20N2O2/c1-3-7-15-10-12-17(13-11-15)21-20(23)18-14(2)24-22-19(18)16-8-5-4-6-9-16/h4-6,8-13H,3,7H2,1-2H3,(H,21,23). The number of aryl methyl sites for hydroxylation is 2. The summed E-state index contributed by atoms with van der Waals surface area (Å²) in [6.07, 6.45) is 2.14. The number of rotatable bonds is 5. The predicted octanol–water partition coefficient (Wildman–Crippen LogP) is 4.85. The fourth-order valence-corrected chi connectivity index (χ4v) is 2.67. The third kappa shape index (κ3) is 3.38. The highest BCUT2D eigenvalue weighted by Crippen LogP contribution is 2.26. The van der Waals surface area contributed by atoms with Crippen molar-refractivity contribution in [2.45, 2.75) is 26.7 Å². The van der Waals surface area contributed by atoms with Gasteiger partial charge in [0.15, 0.2) is 0 Å². The van der Waals surface area contributed by atoms with Crippen LogP contribution >= 0.6 is 0 Å². The van der Waals surface area contributed by atoms with E-state index in [9.17, 15) is 4.79 Å². The molecule has 3 aromatic rings. The van der Waals surface area contributed by atoms with Crippen LogP contribution in [0.5, 0.6) is 0 Å². The second-order valence-electron chi connectivity index (χ2n) is 5.73. The first-order valence-electron chi connectivity index (χ1n) is 8.11. The van der Waals surface area contributed by atoms with E-state index in [1.807, 2.05) is 54.6 Å². The predicted molar refractivity (Wildman–Crippen MR) is 95.1 cm³/mol. The van der Waals surface area contributed by atoms with Crippen molar-refractivity contribution in [3.8, 4) is 11.3 Å². The van der Waals surface area contributed by atoms with Gasteiger partial charge in [-0.05, 0) is 31.0 Å². The number of hydrogen-bond acceptors (Lipinski definition) is 3. The molecule has 0 atom stereocenters. The molecule has 1 aromatic heterocycles. The summed E-state index contributed by atoms with van der Waals surface area (Å²) in [6.45, 7) is 3.90. The van der Waals surface area contributed by atoms with Gasteiger partial charge in [-0.2, -0.15) is 0 Å². The molecule has 4 nitrogen and oxygen atoms in total. The molecule has 1 N–H and O–H groups in total. The fraction of sp³-hybridized carbons (Fsp3) is 0.200. The largest absolute Gasteiger partial charge is 0.360 e. The number of nitrogens with zero attached hydrogens (tertiary/aromatic N) is 1. The molecule has 0 bridgehead atoms. The topological polar surface area (TPSA) is 55.1 Å². The Bertz CT molecular complexity index is 821. The Morgan fingerprint density at radius 2 is 1.79 bits per heavy atom. The highest BCUT2D eigenvalue weighted by molar-refractivity contribution is 6.08. The van der Waals surface area contributed by atoms with Crippen molar-refractivity contribution < 1.29 is 9.32 Å². The molecule has 0 radical (unpaired) electrons. The molecule has 24 heavy (non-hydrogen) atoms. The van der Waals surface area contributed by atoms with E-state index in [2.05, 4.69) is 17.4 Å². The minimum atomic E-state index is -0.212. The first kappa shape index (κ1) is 16.0. The average Bonchev–Trinajstić information content (AvgIpc) is 2.99. The summed E-state index contributed by atoms with van der Waals surface area (Å²) < 4.78 is 5.25. The van der Waals surface area contributed by atoms with Crippen molar-refractivity contribution in [1.82, 2.24) is 5.16 Å². The van der Waals surface area contributed by atoms with Crippen molar-refractivity contribution in [2.24, 2.45) is 0 Å². The minimum Gasteiger partial charge on any atom is -0.360 e. The van der Waals surface area contributed by atoms with Crippen LogP contribution in [0.2, 0.25) is 0 Å². The number of aromatic nitrogens is 1. The molecule has 0 saturated heterocycles. The molecule has 1 heterocycles. The lowest BCUT2D eigenvalue weighted by Gasteiger charge is -2.07. The summed E-state index contributed by atoms with van der Waals surface area (Å²) in [5, 5.41) is 6.98. The van der Waals surface area contributed by atoms with E-state index in [-0.39, 0.29) is 5.91 Å². The van der Waals surface area contributed by atoms with Crippen LogP contribution in [0.4, 0.5) is 5.69 Å². The van der Waals surface area contributed by atoms with Crippen molar-refractivity contribution in [2.75, 3.05) is 5.32 Å². The Morgan fingerprint density at radius 1 is 1.08 bits per heavy atom. The monoisotopic (exact) mass is 320 g/mol. The highest BCUT2D eigenvalue weighted by atomic mass is 16.5. The molecule has 0 fully saturated rings. The Morgan fingerprint density at radius 3 is 2.46 bits per heavy atom. The zero-order valence-corrected chi connectivity index (χ0v) is 13.9. The first-order valence-corrected chi connectivity index (χ1v) is 8.11. The van der Waals surface area contributed by atoms with Gasteiger partial charge in [0.1, 0.15) is 17.0 Å². The normalized spacial score (nSPS) is 10.6. The molecule has 0 aliphatic rings. The lowest BCUT2D eigenvalue weighted by atomic mass is 10.1. The van der Waals surface area contributed by atoms with Crippen molar-refractivity contribution in [3.63, 3.8) is 0 Å². The van der Waals surface area contributed by atoms with Gasteiger partial charge in [0.2, 0.25) is 0 Å². The van der Waals surface area contributed by atoms with E-state index in [1.54, 1.807) is 6.92 Å². The van der Waals surface area contributed by atoms with E-state index >= 15 is 0 Å². The number of carbonyl (C=O) groups is 1. The highest BCUT2D eigenvalue weighted by Gasteiger charge is 2.21. The summed E-state index contributed by atoms with van der Waals surface area (Å²) in [5.74, 6) is 0.296. The van der Waals surface area contributed by atoms with Gasteiger partial charge in [0.25, 0.3) is 5.91 Å². The van der Waals surface area contributed by atoms with Crippen LogP contribution in [0.25, 0.3) is 11.3 Å². The number of anilines is 1. The lowest BCUT2D eigenvalue weighted by Crippen LogP contribution is -2.13. The Labute approximate surface area is 141 Å². The summed E-state index contributed by atoms with van der Waals surface area (Å²) in [4.78, 5) is 12.7. The fourth-order valence-electron chi connectivity index (χ4n) is 2.67. The summed E-state index contributed by atoms with van der Waals surface area (Å²) in [5.41, 5.74) is 3.92. The molecule has 0 unspecified atom stereocenters. The van der Waals surface area contributed by atoms with Crippen LogP contribution in [0, 0.1) is 6.92 Å². The van der Waals surface area contributed by atoms with Gasteiger partial charge in [-0.15, -0.1) is 0 Å². The molecule has 4 heteroatoms. The maximum Gasteiger partial charge on any atom is 0.261 e. The van der Waals surface area contributed by atoms with Crippen molar-refractivity contribution in [3.05, 3.63) is 71.5 Å². The van der Waals surface area contributed by atoms with Crippen LogP contribution in [0.15, 0.2) is 59.1 Å². The maximum atomic E-state index is 12.7. The number of benzene rings is 2. The zero-order chi connectivity index (χ0) is 16.9. The molecule has 2 aromatic carbocycles. The van der Waals surface area contributed by atoms with E-state index in [0.717, 1.165) is 24.1 Å². The summed E-state index contributed by atoms with van der Waals surface area (Å²) in [7, 11) is 0. The van der Waals surface area contributed by atoms with Gasteiger partial charge in [-0.3, -0.25) is 4.79 Å². The Hall–Kier alpha value is -2.88. The molecule has 3 rings (SSSR count). The van der Waals surface area contributed by atoms with E-state index < -0.39 is 0 Å². The molecular weight excluding hydrogens is 300 g/mol. The van der Waals surface area contributed by atoms with Crippen molar-refractivity contribution >= 4 is 11.6 Å². The van der Waals surface area contributed by atoms with Gasteiger partial charge in [-0.1, -0.05) is 61.0 Å². The number of nitrogens with one attached hydrogen (secondary N) is 1. The number of carbonyl (C=O) groups excluding carboxylic acids is 1. The summed E-state index contributed by atoms with van der Waals surface area (Å²) >= 11 is 0. The molecule has 0 aliphatic heterocycles. The smallest absolute Gasteiger partial charge is 0.261 e. The summed E-state index contributed by atoms with van der Waals surface area (Å²) in [6, 6.07) is 17.5. The maximum absolute atomic E-state index is 12.7. The van der Waals surface area contributed by atoms with Crippen LogP contribution < -0.4 is 5.32 Å². The zero-order valence-electron chi connectivity index (χ0n) is 13.9. The average molecular weight is 320 g/mol. The third-order valence-corrected chi connectivity index (χ3v) is 3.89. The number of hydrogen-bond donors (Lipinski definition) is 1. The van der Waals surface area contributed by atoms with Crippen molar-refractivity contribution in [1.29, 1.82) is 0 Å². The Balaban J connectivity index is 1.84. The van der Waals surface area contributed by atoms with Gasteiger partial charge in [0.05, 0.1) is 0 Å². The van der Waals surface area contributed by atoms with Crippen LogP contribution in [-0.4, -0.2) is 11.1 Å². The molecule has 0 spiro atoms.